The van der Waals surface area contributed by atoms with E-state index >= 15 is 0 Å². The van der Waals surface area contributed by atoms with E-state index in [-0.39, 0.29) is 5.04 Å². The minimum atomic E-state index is -1.68. The Labute approximate surface area is 220 Å². The van der Waals surface area contributed by atoms with Crippen LogP contribution in [0.15, 0.2) is 30.3 Å². The molecule has 0 unspecified atom stereocenters. The van der Waals surface area contributed by atoms with Gasteiger partial charge in [-0.2, -0.15) is 0 Å². The number of ether oxygens (including phenoxy) is 7. The molecule has 1 rings (SSSR count). The first-order chi connectivity index (χ1) is 17.3. The quantitative estimate of drug-likeness (QED) is 0.145. The van der Waals surface area contributed by atoms with Crippen molar-refractivity contribution in [3.63, 3.8) is 0 Å². The summed E-state index contributed by atoms with van der Waals surface area (Å²) in [5.41, 5.74) is 1.17. The topological polar surface area (TPSA) is 73.8 Å². The van der Waals surface area contributed by atoms with Gasteiger partial charge < -0.3 is 37.6 Å². The molecule has 0 saturated carbocycles. The SMILES string of the molecule is CC(C)(C)[Si](C)(C)OCCOCCOCCOCCOCCOCCOCCOCc1ccccc1. The Balaban J connectivity index is 1.70. The Morgan fingerprint density at radius 2 is 0.833 bits per heavy atom. The van der Waals surface area contributed by atoms with Crippen LogP contribution in [0.5, 0.6) is 0 Å². The van der Waals surface area contributed by atoms with Crippen LogP contribution in [-0.4, -0.2) is 101 Å². The molecule has 0 spiro atoms. The molecule has 0 radical (unpaired) electrons. The fourth-order valence-electron chi connectivity index (χ4n) is 2.66. The average Bonchev–Trinajstić information content (AvgIpc) is 2.84. The second-order valence-corrected chi connectivity index (χ2v) is 14.6. The Bertz CT molecular complexity index is 610. The maximum atomic E-state index is 6.07. The lowest BCUT2D eigenvalue weighted by Crippen LogP contribution is -2.41. The van der Waals surface area contributed by atoms with Crippen molar-refractivity contribution in [2.45, 2.75) is 45.5 Å². The summed E-state index contributed by atoms with van der Waals surface area (Å²) in [6.45, 7) is 19.7. The zero-order chi connectivity index (χ0) is 26.4. The van der Waals surface area contributed by atoms with Crippen LogP contribution < -0.4 is 0 Å². The molecule has 0 aliphatic heterocycles. The summed E-state index contributed by atoms with van der Waals surface area (Å²) >= 11 is 0. The molecular weight excluding hydrogens is 480 g/mol. The molecule has 210 valence electrons. The van der Waals surface area contributed by atoms with Crippen molar-refractivity contribution < 1.29 is 37.6 Å². The molecule has 0 aliphatic rings. The van der Waals surface area contributed by atoms with Crippen LogP contribution >= 0.6 is 0 Å². The number of hydrogen-bond donors (Lipinski definition) is 0. The van der Waals surface area contributed by atoms with E-state index in [1.54, 1.807) is 0 Å². The van der Waals surface area contributed by atoms with Gasteiger partial charge in [-0.1, -0.05) is 51.1 Å². The highest BCUT2D eigenvalue weighted by Crippen LogP contribution is 2.36. The van der Waals surface area contributed by atoms with Gasteiger partial charge in [0.1, 0.15) is 0 Å². The maximum Gasteiger partial charge on any atom is 0.192 e. The summed E-state index contributed by atoms with van der Waals surface area (Å²) in [4.78, 5) is 0. The van der Waals surface area contributed by atoms with Gasteiger partial charge in [0.2, 0.25) is 0 Å². The fourth-order valence-corrected chi connectivity index (χ4v) is 3.68. The minimum absolute atomic E-state index is 0.226. The van der Waals surface area contributed by atoms with E-state index in [4.69, 9.17) is 37.6 Å². The Hall–Kier alpha value is -0.883. The van der Waals surface area contributed by atoms with E-state index in [0.29, 0.717) is 99.1 Å². The molecule has 9 heteroatoms. The third kappa shape index (κ3) is 18.4. The normalized spacial score (nSPS) is 12.4. The highest BCUT2D eigenvalue weighted by atomic mass is 28.4. The van der Waals surface area contributed by atoms with E-state index < -0.39 is 8.32 Å². The smallest absolute Gasteiger partial charge is 0.192 e. The Morgan fingerprint density at radius 1 is 0.500 bits per heavy atom. The molecule has 1 aromatic carbocycles. The summed E-state index contributed by atoms with van der Waals surface area (Å²) < 4.78 is 44.6. The first-order valence-corrected chi connectivity index (χ1v) is 16.0. The van der Waals surface area contributed by atoms with Crippen LogP contribution in [0.2, 0.25) is 18.1 Å². The summed E-state index contributed by atoms with van der Waals surface area (Å²) in [7, 11) is -1.68. The van der Waals surface area contributed by atoms with Gasteiger partial charge in [0.05, 0.1) is 99.1 Å². The van der Waals surface area contributed by atoms with Crippen molar-refractivity contribution in [1.82, 2.24) is 0 Å². The molecule has 0 N–H and O–H groups in total. The number of rotatable bonds is 24. The molecule has 36 heavy (non-hydrogen) atoms. The molecule has 1 aromatic rings. The van der Waals surface area contributed by atoms with E-state index in [1.807, 2.05) is 30.3 Å². The van der Waals surface area contributed by atoms with Crippen molar-refractivity contribution in [1.29, 1.82) is 0 Å². The first kappa shape index (κ1) is 33.1. The number of hydrogen-bond acceptors (Lipinski definition) is 8. The van der Waals surface area contributed by atoms with Crippen molar-refractivity contribution >= 4 is 8.32 Å². The highest BCUT2D eigenvalue weighted by Gasteiger charge is 2.36. The van der Waals surface area contributed by atoms with E-state index in [0.717, 1.165) is 0 Å². The van der Waals surface area contributed by atoms with E-state index in [1.165, 1.54) is 5.56 Å². The first-order valence-electron chi connectivity index (χ1n) is 13.0. The van der Waals surface area contributed by atoms with Gasteiger partial charge in [-0.15, -0.1) is 0 Å². The second kappa shape index (κ2) is 21.1. The van der Waals surface area contributed by atoms with Crippen LogP contribution in [0.1, 0.15) is 26.3 Å². The van der Waals surface area contributed by atoms with Gasteiger partial charge in [0, 0.05) is 0 Å². The molecule has 0 atom stereocenters. The van der Waals surface area contributed by atoms with Crippen molar-refractivity contribution in [3.8, 4) is 0 Å². The predicted octanol–water partition coefficient (Wildman–Crippen LogP) is 4.32. The minimum Gasteiger partial charge on any atom is -0.414 e. The summed E-state index contributed by atoms with van der Waals surface area (Å²) in [6.07, 6.45) is 0. The lowest BCUT2D eigenvalue weighted by atomic mass is 10.2. The lowest BCUT2D eigenvalue weighted by molar-refractivity contribution is -0.0219. The third-order valence-electron chi connectivity index (χ3n) is 5.84. The van der Waals surface area contributed by atoms with Gasteiger partial charge in [0.15, 0.2) is 8.32 Å². The molecule has 0 saturated heterocycles. The molecule has 0 aromatic heterocycles. The summed E-state index contributed by atoms with van der Waals surface area (Å²) in [5.74, 6) is 0. The molecule has 0 fully saturated rings. The van der Waals surface area contributed by atoms with Gasteiger partial charge in [-0.3, -0.25) is 0 Å². The monoisotopic (exact) mass is 530 g/mol. The largest absolute Gasteiger partial charge is 0.414 e. The van der Waals surface area contributed by atoms with Crippen molar-refractivity contribution in [2.24, 2.45) is 0 Å². The molecule has 0 heterocycles. The van der Waals surface area contributed by atoms with Crippen molar-refractivity contribution in [3.05, 3.63) is 35.9 Å². The fraction of sp³-hybridized carbons (Fsp3) is 0.778. The standard InChI is InChI=1S/C27H50O8Si/c1-27(2,3)36(4,5)35-24-23-33-20-19-31-16-15-29-12-11-28-13-14-30-17-18-32-21-22-34-25-26-9-7-6-8-10-26/h6-10H,11-25H2,1-5H3. The summed E-state index contributed by atoms with van der Waals surface area (Å²) in [5, 5.41) is 0.226. The molecule has 0 bridgehead atoms. The molecule has 0 aliphatic carbocycles. The molecular formula is C27H50O8Si. The number of benzene rings is 1. The lowest BCUT2D eigenvalue weighted by Gasteiger charge is -2.36. The Morgan fingerprint density at radius 3 is 1.19 bits per heavy atom. The zero-order valence-corrected chi connectivity index (χ0v) is 24.3. The van der Waals surface area contributed by atoms with Crippen LogP contribution in [0.3, 0.4) is 0 Å². The average molecular weight is 531 g/mol. The summed E-state index contributed by atoms with van der Waals surface area (Å²) in [6, 6.07) is 10.1. The van der Waals surface area contributed by atoms with Gasteiger partial charge >= 0.3 is 0 Å². The molecule has 8 nitrogen and oxygen atoms in total. The van der Waals surface area contributed by atoms with Crippen molar-refractivity contribution in [2.75, 3.05) is 92.5 Å². The Kier molecular flexibility index (Phi) is 19.4. The second-order valence-electron chi connectivity index (χ2n) is 9.82. The van der Waals surface area contributed by atoms with Gasteiger partial charge in [-0.05, 0) is 23.7 Å². The highest BCUT2D eigenvalue weighted by molar-refractivity contribution is 6.74. The van der Waals surface area contributed by atoms with Crippen LogP contribution in [0, 0.1) is 0 Å². The predicted molar refractivity (Wildman–Crippen MR) is 144 cm³/mol. The van der Waals surface area contributed by atoms with Crippen LogP contribution in [0.4, 0.5) is 0 Å². The zero-order valence-electron chi connectivity index (χ0n) is 23.3. The molecule has 0 amide bonds. The van der Waals surface area contributed by atoms with Gasteiger partial charge in [-0.25, -0.2) is 0 Å². The maximum absolute atomic E-state index is 6.07. The van der Waals surface area contributed by atoms with E-state index in [2.05, 4.69) is 33.9 Å². The van der Waals surface area contributed by atoms with Gasteiger partial charge in [0.25, 0.3) is 0 Å². The third-order valence-corrected chi connectivity index (χ3v) is 10.4. The van der Waals surface area contributed by atoms with Crippen LogP contribution in [0.25, 0.3) is 0 Å². The van der Waals surface area contributed by atoms with Crippen LogP contribution in [-0.2, 0) is 44.2 Å². The van der Waals surface area contributed by atoms with E-state index in [9.17, 15) is 0 Å².